The second kappa shape index (κ2) is 10.3. The molecule has 1 N–H and O–H groups in total. The molecule has 6 nitrogen and oxygen atoms in total. The Morgan fingerprint density at radius 1 is 0.967 bits per heavy atom. The van der Waals surface area contributed by atoms with E-state index >= 15 is 0 Å². The van der Waals surface area contributed by atoms with Crippen LogP contribution in [0, 0.1) is 6.92 Å². The fourth-order valence-electron chi connectivity index (χ4n) is 2.96. The van der Waals surface area contributed by atoms with E-state index in [1.54, 1.807) is 32.5 Å². The average Bonchev–Trinajstić information content (AvgIpc) is 2.76. The molecule has 2 aromatic carbocycles. The Bertz CT molecular complexity index is 987. The standard InChI is InChI=1S/C24H26N2O4/c1-17-7-10-24(26-16-17)30-21-9-8-19(14-22(21)29-3)15-23(27)25-12-11-18-5-4-6-20(13-18)28-2/h4-10,13-14,16H,11-12,15H2,1-3H3,(H,25,27). The van der Waals surface area contributed by atoms with Gasteiger partial charge in [0.05, 0.1) is 20.6 Å². The Hall–Kier alpha value is -3.54. The molecule has 0 saturated carbocycles. The van der Waals surface area contributed by atoms with Crippen LogP contribution in [-0.4, -0.2) is 31.7 Å². The van der Waals surface area contributed by atoms with Crippen LogP contribution in [-0.2, 0) is 17.6 Å². The third kappa shape index (κ3) is 5.98. The molecule has 1 aromatic heterocycles. The number of amides is 1. The van der Waals surface area contributed by atoms with Crippen LogP contribution in [0.3, 0.4) is 0 Å². The summed E-state index contributed by atoms with van der Waals surface area (Å²) < 4.78 is 16.5. The quantitative estimate of drug-likeness (QED) is 0.579. The van der Waals surface area contributed by atoms with E-state index in [1.165, 1.54) is 0 Å². The lowest BCUT2D eigenvalue weighted by Crippen LogP contribution is -2.27. The highest BCUT2D eigenvalue weighted by atomic mass is 16.5. The van der Waals surface area contributed by atoms with E-state index in [1.807, 2.05) is 49.4 Å². The van der Waals surface area contributed by atoms with Crippen molar-refractivity contribution in [2.24, 2.45) is 0 Å². The number of aromatic nitrogens is 1. The van der Waals surface area contributed by atoms with Crippen molar-refractivity contribution in [3.63, 3.8) is 0 Å². The Balaban J connectivity index is 1.55. The number of benzene rings is 2. The van der Waals surface area contributed by atoms with Gasteiger partial charge in [0.2, 0.25) is 11.8 Å². The van der Waals surface area contributed by atoms with Gasteiger partial charge < -0.3 is 19.5 Å². The maximum atomic E-state index is 12.3. The maximum Gasteiger partial charge on any atom is 0.224 e. The monoisotopic (exact) mass is 406 g/mol. The predicted octanol–water partition coefficient (Wildman–Crippen LogP) is 4.10. The van der Waals surface area contributed by atoms with E-state index in [9.17, 15) is 4.79 Å². The zero-order valence-corrected chi connectivity index (χ0v) is 17.5. The van der Waals surface area contributed by atoms with Gasteiger partial charge in [-0.25, -0.2) is 4.98 Å². The summed E-state index contributed by atoms with van der Waals surface area (Å²) in [5.74, 6) is 2.36. The van der Waals surface area contributed by atoms with Gasteiger partial charge in [-0.3, -0.25) is 4.79 Å². The molecular formula is C24H26N2O4. The molecule has 0 fully saturated rings. The van der Waals surface area contributed by atoms with Gasteiger partial charge in [-0.2, -0.15) is 0 Å². The van der Waals surface area contributed by atoms with E-state index in [4.69, 9.17) is 14.2 Å². The van der Waals surface area contributed by atoms with Crippen LogP contribution in [0.15, 0.2) is 60.8 Å². The molecule has 0 saturated heterocycles. The number of methoxy groups -OCH3 is 2. The van der Waals surface area contributed by atoms with Crippen LogP contribution in [0.1, 0.15) is 16.7 Å². The normalized spacial score (nSPS) is 10.4. The minimum Gasteiger partial charge on any atom is -0.497 e. The minimum atomic E-state index is -0.0474. The SMILES string of the molecule is COc1cccc(CCNC(=O)Cc2ccc(Oc3ccc(C)cn3)c(OC)c2)c1. The summed E-state index contributed by atoms with van der Waals surface area (Å²) in [6.07, 6.45) is 2.74. The summed E-state index contributed by atoms with van der Waals surface area (Å²) in [6, 6.07) is 17.0. The summed E-state index contributed by atoms with van der Waals surface area (Å²) in [7, 11) is 3.21. The van der Waals surface area contributed by atoms with Gasteiger partial charge in [-0.05, 0) is 54.3 Å². The third-order valence-electron chi connectivity index (χ3n) is 4.56. The van der Waals surface area contributed by atoms with Crippen molar-refractivity contribution in [1.29, 1.82) is 0 Å². The van der Waals surface area contributed by atoms with Crippen LogP contribution in [0.2, 0.25) is 0 Å². The van der Waals surface area contributed by atoms with Gasteiger partial charge in [0.25, 0.3) is 0 Å². The number of nitrogens with zero attached hydrogens (tertiary/aromatic N) is 1. The number of nitrogens with one attached hydrogen (secondary N) is 1. The topological polar surface area (TPSA) is 69.7 Å². The Kier molecular flexibility index (Phi) is 7.27. The molecule has 3 rings (SSSR count). The van der Waals surface area contributed by atoms with Crippen molar-refractivity contribution >= 4 is 5.91 Å². The molecule has 0 unspecified atom stereocenters. The molecule has 1 heterocycles. The molecule has 0 spiro atoms. The zero-order chi connectivity index (χ0) is 21.3. The Labute approximate surface area is 176 Å². The summed E-state index contributed by atoms with van der Waals surface area (Å²) in [5.41, 5.74) is 3.01. The van der Waals surface area contributed by atoms with Crippen LogP contribution in [0.4, 0.5) is 0 Å². The van der Waals surface area contributed by atoms with Crippen molar-refractivity contribution in [2.45, 2.75) is 19.8 Å². The molecule has 156 valence electrons. The highest BCUT2D eigenvalue weighted by Crippen LogP contribution is 2.31. The first kappa shape index (κ1) is 21.2. The molecule has 0 aliphatic rings. The predicted molar refractivity (Wildman–Crippen MR) is 115 cm³/mol. The molecule has 0 atom stereocenters. The largest absolute Gasteiger partial charge is 0.497 e. The molecule has 1 amide bonds. The highest BCUT2D eigenvalue weighted by molar-refractivity contribution is 5.78. The van der Waals surface area contributed by atoms with E-state index in [0.29, 0.717) is 23.9 Å². The molecular weight excluding hydrogens is 380 g/mol. The highest BCUT2D eigenvalue weighted by Gasteiger charge is 2.10. The smallest absolute Gasteiger partial charge is 0.224 e. The van der Waals surface area contributed by atoms with Crippen LogP contribution < -0.4 is 19.5 Å². The number of hydrogen-bond donors (Lipinski definition) is 1. The van der Waals surface area contributed by atoms with E-state index in [-0.39, 0.29) is 12.3 Å². The second-order valence-corrected chi connectivity index (χ2v) is 6.89. The first-order valence-corrected chi connectivity index (χ1v) is 9.74. The molecule has 0 aliphatic carbocycles. The first-order valence-electron chi connectivity index (χ1n) is 9.74. The summed E-state index contributed by atoms with van der Waals surface area (Å²) >= 11 is 0. The van der Waals surface area contributed by atoms with Crippen molar-refractivity contribution in [3.05, 3.63) is 77.5 Å². The zero-order valence-electron chi connectivity index (χ0n) is 17.5. The Morgan fingerprint density at radius 2 is 1.83 bits per heavy atom. The molecule has 3 aromatic rings. The number of aryl methyl sites for hydroxylation is 1. The van der Waals surface area contributed by atoms with Crippen molar-refractivity contribution < 1.29 is 19.0 Å². The third-order valence-corrected chi connectivity index (χ3v) is 4.56. The van der Waals surface area contributed by atoms with E-state index in [2.05, 4.69) is 10.3 Å². The number of ether oxygens (including phenoxy) is 3. The van der Waals surface area contributed by atoms with Gasteiger partial charge in [-0.1, -0.05) is 24.3 Å². The maximum absolute atomic E-state index is 12.3. The number of carbonyl (C=O) groups excluding carboxylic acids is 1. The lowest BCUT2D eigenvalue weighted by Gasteiger charge is -2.12. The van der Waals surface area contributed by atoms with Gasteiger partial charge >= 0.3 is 0 Å². The van der Waals surface area contributed by atoms with E-state index in [0.717, 1.165) is 28.9 Å². The van der Waals surface area contributed by atoms with Crippen LogP contribution >= 0.6 is 0 Å². The fraction of sp³-hybridized carbons (Fsp3) is 0.250. The Morgan fingerprint density at radius 3 is 2.57 bits per heavy atom. The summed E-state index contributed by atoms with van der Waals surface area (Å²) in [4.78, 5) is 16.6. The fourth-order valence-corrected chi connectivity index (χ4v) is 2.96. The lowest BCUT2D eigenvalue weighted by molar-refractivity contribution is -0.120. The number of hydrogen-bond acceptors (Lipinski definition) is 5. The average molecular weight is 406 g/mol. The van der Waals surface area contributed by atoms with Crippen molar-refractivity contribution in [2.75, 3.05) is 20.8 Å². The molecule has 0 aliphatic heterocycles. The molecule has 30 heavy (non-hydrogen) atoms. The second-order valence-electron chi connectivity index (χ2n) is 6.89. The number of carbonyl (C=O) groups is 1. The van der Waals surface area contributed by atoms with Crippen LogP contribution in [0.5, 0.6) is 23.1 Å². The van der Waals surface area contributed by atoms with Gasteiger partial charge in [0.15, 0.2) is 11.5 Å². The summed E-state index contributed by atoms with van der Waals surface area (Å²) in [5, 5.41) is 2.95. The molecule has 6 heteroatoms. The van der Waals surface area contributed by atoms with Gasteiger partial charge in [-0.15, -0.1) is 0 Å². The van der Waals surface area contributed by atoms with Crippen LogP contribution in [0.25, 0.3) is 0 Å². The molecule has 0 radical (unpaired) electrons. The van der Waals surface area contributed by atoms with Crippen molar-refractivity contribution in [1.82, 2.24) is 10.3 Å². The first-order chi connectivity index (χ1) is 14.6. The lowest BCUT2D eigenvalue weighted by atomic mass is 10.1. The van der Waals surface area contributed by atoms with Crippen molar-refractivity contribution in [3.8, 4) is 23.1 Å². The number of rotatable bonds is 9. The van der Waals surface area contributed by atoms with Gasteiger partial charge in [0, 0.05) is 18.8 Å². The number of pyridine rings is 1. The van der Waals surface area contributed by atoms with Gasteiger partial charge in [0.1, 0.15) is 5.75 Å². The molecule has 0 bridgehead atoms. The summed E-state index contributed by atoms with van der Waals surface area (Å²) in [6.45, 7) is 2.53. The van der Waals surface area contributed by atoms with E-state index < -0.39 is 0 Å². The minimum absolute atomic E-state index is 0.0474.